The maximum Gasteiger partial charge on any atom is 0.488 e. The highest BCUT2D eigenvalue weighted by molar-refractivity contribution is 9.10. The first-order chi connectivity index (χ1) is 5.97. The molecule has 0 aliphatic carbocycles. The largest absolute Gasteiger partial charge is 0.488 e. The lowest BCUT2D eigenvalue weighted by Gasteiger charge is -2.11. The van der Waals surface area contributed by atoms with Crippen LogP contribution in [0.1, 0.15) is 0 Å². The molecule has 1 nitrogen and oxygen atoms in total. The Morgan fingerprint density at radius 3 is 2.54 bits per heavy atom. The number of nitrogens with zero attached hydrogens (tertiary/aromatic N) is 1. The topological polar surface area (TPSA) is 12.9 Å². The van der Waals surface area contributed by atoms with Crippen molar-refractivity contribution in [2.24, 2.45) is 0 Å². The molecule has 1 aromatic heterocycles. The lowest BCUT2D eigenvalue weighted by molar-refractivity contribution is 0.485. The van der Waals surface area contributed by atoms with Gasteiger partial charge in [0.25, 0.3) is 0 Å². The summed E-state index contributed by atoms with van der Waals surface area (Å²) >= 11 is 3.85. The molecular weight excluding hydrogens is 266 g/mol. The average Bonchev–Trinajstić information content (AvgIpc) is 2.02. The van der Waals surface area contributed by atoms with Crippen molar-refractivity contribution < 1.29 is 12.9 Å². The fourth-order valence-corrected chi connectivity index (χ4v) is 1.51. The van der Waals surface area contributed by atoms with Crippen molar-refractivity contribution in [2.75, 3.05) is 5.65 Å². The van der Waals surface area contributed by atoms with E-state index in [-0.39, 0.29) is 0 Å². The molecule has 1 rings (SSSR count). The minimum atomic E-state index is -4.73. The van der Waals surface area contributed by atoms with Gasteiger partial charge in [0, 0.05) is 10.7 Å². The van der Waals surface area contributed by atoms with Gasteiger partial charge in [-0.3, -0.25) is 0 Å². The van der Waals surface area contributed by atoms with Crippen LogP contribution >= 0.6 is 27.7 Å². The molecule has 0 saturated carbocycles. The number of pyridine rings is 1. The second kappa shape index (κ2) is 4.37. The first-order valence-electron chi connectivity index (χ1n) is 3.43. The lowest BCUT2D eigenvalue weighted by Crippen LogP contribution is -2.18. The Balaban J connectivity index is 2.51. The molecule has 0 aromatic carbocycles. The van der Waals surface area contributed by atoms with Crippen LogP contribution in [0.3, 0.4) is 0 Å². The van der Waals surface area contributed by atoms with Crippen molar-refractivity contribution in [3.63, 3.8) is 0 Å². The van der Waals surface area contributed by atoms with Crippen molar-refractivity contribution in [3.05, 3.63) is 22.8 Å². The van der Waals surface area contributed by atoms with E-state index in [1.165, 1.54) is 6.20 Å². The molecule has 0 radical (unpaired) electrons. The molecule has 0 unspecified atom stereocenters. The van der Waals surface area contributed by atoms with Gasteiger partial charge >= 0.3 is 6.98 Å². The molecule has 0 aliphatic rings. The Morgan fingerprint density at radius 1 is 1.38 bits per heavy atom. The lowest BCUT2D eigenvalue weighted by atomic mass is 9.98. The van der Waals surface area contributed by atoms with E-state index in [1.807, 2.05) is 0 Å². The third kappa shape index (κ3) is 4.57. The molecular formula is C6H5BBrF3NS-. The van der Waals surface area contributed by atoms with Crippen molar-refractivity contribution in [1.82, 2.24) is 4.98 Å². The van der Waals surface area contributed by atoms with E-state index in [1.54, 1.807) is 12.1 Å². The summed E-state index contributed by atoms with van der Waals surface area (Å²) in [4.78, 5) is 3.81. The van der Waals surface area contributed by atoms with Crippen LogP contribution in [0.5, 0.6) is 0 Å². The molecule has 1 aromatic rings. The van der Waals surface area contributed by atoms with Gasteiger partial charge in [0.05, 0.1) is 5.03 Å². The van der Waals surface area contributed by atoms with E-state index < -0.39 is 12.6 Å². The molecule has 7 heteroatoms. The standard InChI is InChI=1S/C6H5BBrF3NS/c8-5-1-2-6(12-3-5)13-4-7(9,10)11/h1-3H,4H2/q-1. The minimum absolute atomic E-state index is 0.391. The van der Waals surface area contributed by atoms with E-state index in [2.05, 4.69) is 20.9 Å². The summed E-state index contributed by atoms with van der Waals surface area (Å²) in [5.41, 5.74) is -0.839. The van der Waals surface area contributed by atoms with Crippen molar-refractivity contribution >= 4 is 34.7 Å². The van der Waals surface area contributed by atoms with Gasteiger partial charge in [0.2, 0.25) is 0 Å². The van der Waals surface area contributed by atoms with Crippen LogP contribution in [0.2, 0.25) is 0 Å². The molecule has 0 fully saturated rings. The second-order valence-corrected chi connectivity index (χ2v) is 4.29. The minimum Gasteiger partial charge on any atom is -0.448 e. The number of hydrogen-bond donors (Lipinski definition) is 0. The van der Waals surface area contributed by atoms with Crippen LogP contribution in [0.15, 0.2) is 27.8 Å². The van der Waals surface area contributed by atoms with E-state index >= 15 is 0 Å². The van der Waals surface area contributed by atoms with Gasteiger partial charge in [0.15, 0.2) is 0 Å². The van der Waals surface area contributed by atoms with Crippen molar-refractivity contribution in [2.45, 2.75) is 5.03 Å². The number of hydrogen-bond acceptors (Lipinski definition) is 2. The SMILES string of the molecule is F[B-](F)(F)CSc1ccc(Br)cn1. The zero-order valence-corrected chi connectivity index (χ0v) is 8.79. The van der Waals surface area contributed by atoms with Crippen LogP contribution in [-0.2, 0) is 0 Å². The molecule has 0 saturated heterocycles. The van der Waals surface area contributed by atoms with Gasteiger partial charge in [-0.25, -0.2) is 4.98 Å². The van der Waals surface area contributed by atoms with Gasteiger partial charge in [-0.05, 0) is 33.7 Å². The van der Waals surface area contributed by atoms with Gasteiger partial charge in [-0.15, -0.1) is 11.8 Å². The third-order valence-corrected chi connectivity index (χ3v) is 2.67. The fraction of sp³-hybridized carbons (Fsp3) is 0.167. The predicted molar refractivity (Wildman–Crippen MR) is 51.7 cm³/mol. The Labute approximate surface area is 86.3 Å². The summed E-state index contributed by atoms with van der Waals surface area (Å²) in [5.74, 6) is 0. The summed E-state index contributed by atoms with van der Waals surface area (Å²) in [5, 5.41) is 0.391. The highest BCUT2D eigenvalue weighted by atomic mass is 79.9. The second-order valence-electron chi connectivity index (χ2n) is 2.34. The number of halogens is 4. The van der Waals surface area contributed by atoms with Crippen LogP contribution < -0.4 is 0 Å². The molecule has 72 valence electrons. The summed E-state index contributed by atoms with van der Waals surface area (Å²) in [6.45, 7) is -4.73. The first-order valence-corrected chi connectivity index (χ1v) is 5.20. The molecule has 0 amide bonds. The quantitative estimate of drug-likeness (QED) is 0.617. The Kier molecular flexibility index (Phi) is 3.67. The van der Waals surface area contributed by atoms with Crippen molar-refractivity contribution in [3.8, 4) is 0 Å². The maximum atomic E-state index is 11.8. The highest BCUT2D eigenvalue weighted by Crippen LogP contribution is 2.23. The smallest absolute Gasteiger partial charge is 0.448 e. The average molecular weight is 271 g/mol. The summed E-state index contributed by atoms with van der Waals surface area (Å²) in [7, 11) is 0. The van der Waals surface area contributed by atoms with Crippen LogP contribution in [-0.4, -0.2) is 17.6 Å². The third-order valence-electron chi connectivity index (χ3n) is 1.12. The number of rotatable bonds is 3. The highest BCUT2D eigenvalue weighted by Gasteiger charge is 2.22. The summed E-state index contributed by atoms with van der Waals surface area (Å²) in [6, 6.07) is 3.22. The normalized spacial score (nSPS) is 11.7. The molecule has 0 N–H and O–H groups in total. The Bertz CT molecular complexity index is 276. The van der Waals surface area contributed by atoms with Crippen molar-refractivity contribution in [1.29, 1.82) is 0 Å². The zero-order chi connectivity index (χ0) is 9.90. The fourth-order valence-electron chi connectivity index (χ4n) is 0.628. The molecule has 1 heterocycles. The molecule has 0 spiro atoms. The van der Waals surface area contributed by atoms with E-state index in [4.69, 9.17) is 0 Å². The Hall–Kier alpha value is -0.165. The predicted octanol–water partition coefficient (Wildman–Crippen LogP) is 3.32. The van der Waals surface area contributed by atoms with E-state index in [0.717, 1.165) is 4.47 Å². The van der Waals surface area contributed by atoms with E-state index in [9.17, 15) is 12.9 Å². The zero-order valence-electron chi connectivity index (χ0n) is 6.38. The van der Waals surface area contributed by atoms with Gasteiger partial charge in [0.1, 0.15) is 0 Å². The monoisotopic (exact) mass is 270 g/mol. The summed E-state index contributed by atoms with van der Waals surface area (Å²) in [6.07, 6.45) is 1.48. The molecule has 0 atom stereocenters. The molecule has 0 bridgehead atoms. The van der Waals surface area contributed by atoms with E-state index in [0.29, 0.717) is 16.8 Å². The van der Waals surface area contributed by atoms with Crippen LogP contribution in [0, 0.1) is 0 Å². The van der Waals surface area contributed by atoms with Crippen LogP contribution in [0.25, 0.3) is 0 Å². The van der Waals surface area contributed by atoms with Crippen LogP contribution in [0.4, 0.5) is 12.9 Å². The molecule has 13 heavy (non-hydrogen) atoms. The number of aromatic nitrogens is 1. The maximum absolute atomic E-state index is 11.8. The number of thioether (sulfide) groups is 1. The van der Waals surface area contributed by atoms with Gasteiger partial charge < -0.3 is 12.9 Å². The van der Waals surface area contributed by atoms with Gasteiger partial charge in [-0.1, -0.05) is 0 Å². The summed E-state index contributed by atoms with van der Waals surface area (Å²) < 4.78 is 36.2. The first kappa shape index (κ1) is 10.9. The Morgan fingerprint density at radius 2 is 2.08 bits per heavy atom. The molecule has 0 aliphatic heterocycles. The van der Waals surface area contributed by atoms with Gasteiger partial charge in [-0.2, -0.15) is 0 Å².